The Bertz CT molecular complexity index is 676. The molecule has 106 valence electrons. The monoisotopic (exact) mass is 282 g/mol. The lowest BCUT2D eigenvalue weighted by atomic mass is 10.0. The SMILES string of the molecule is CC(=O)[C@@H]1[C@H](C(=O)c2ccc(F)cc2)[C@H]1c1ccccc1. The molecule has 0 N–H and O–H groups in total. The highest BCUT2D eigenvalue weighted by Crippen LogP contribution is 2.55. The van der Waals surface area contributed by atoms with E-state index in [1.165, 1.54) is 31.2 Å². The molecule has 0 aliphatic heterocycles. The van der Waals surface area contributed by atoms with E-state index in [0.717, 1.165) is 5.56 Å². The minimum absolute atomic E-state index is 0.0318. The normalized spacial score (nSPS) is 23.6. The average molecular weight is 282 g/mol. The van der Waals surface area contributed by atoms with Crippen molar-refractivity contribution in [2.45, 2.75) is 12.8 Å². The molecule has 0 aromatic heterocycles. The van der Waals surface area contributed by atoms with Crippen LogP contribution in [0.1, 0.15) is 28.8 Å². The molecule has 3 heteroatoms. The molecule has 1 aliphatic rings. The second-order valence-corrected chi connectivity index (χ2v) is 5.47. The number of halogens is 1. The van der Waals surface area contributed by atoms with Gasteiger partial charge in [0.2, 0.25) is 0 Å². The molecule has 0 amide bonds. The average Bonchev–Trinajstić information content (AvgIpc) is 3.24. The van der Waals surface area contributed by atoms with E-state index in [-0.39, 0.29) is 35.1 Å². The van der Waals surface area contributed by atoms with Crippen molar-refractivity contribution in [3.05, 3.63) is 71.5 Å². The van der Waals surface area contributed by atoms with Crippen LogP contribution in [0.15, 0.2) is 54.6 Å². The maximum absolute atomic E-state index is 12.9. The third-order valence-electron chi connectivity index (χ3n) is 4.11. The third-order valence-corrected chi connectivity index (χ3v) is 4.11. The second kappa shape index (κ2) is 5.24. The first-order valence-corrected chi connectivity index (χ1v) is 6.95. The number of ketones is 2. The maximum atomic E-state index is 12.9. The van der Waals surface area contributed by atoms with E-state index in [0.29, 0.717) is 5.56 Å². The van der Waals surface area contributed by atoms with Gasteiger partial charge in [0.25, 0.3) is 0 Å². The highest BCUT2D eigenvalue weighted by molar-refractivity contribution is 6.05. The predicted molar refractivity (Wildman–Crippen MR) is 77.6 cm³/mol. The van der Waals surface area contributed by atoms with Crippen LogP contribution in [0, 0.1) is 17.7 Å². The first-order valence-electron chi connectivity index (χ1n) is 6.95. The molecule has 0 heterocycles. The molecular weight excluding hydrogens is 267 g/mol. The van der Waals surface area contributed by atoms with Gasteiger partial charge in [0.05, 0.1) is 0 Å². The van der Waals surface area contributed by atoms with Crippen molar-refractivity contribution >= 4 is 11.6 Å². The van der Waals surface area contributed by atoms with E-state index in [4.69, 9.17) is 0 Å². The third kappa shape index (κ3) is 2.51. The second-order valence-electron chi connectivity index (χ2n) is 5.47. The van der Waals surface area contributed by atoms with Crippen LogP contribution < -0.4 is 0 Å². The zero-order valence-corrected chi connectivity index (χ0v) is 11.6. The van der Waals surface area contributed by atoms with Crippen LogP contribution in [-0.4, -0.2) is 11.6 Å². The largest absolute Gasteiger partial charge is 0.300 e. The molecule has 0 saturated heterocycles. The number of carbonyl (C=O) groups excluding carboxylic acids is 2. The Hall–Kier alpha value is -2.29. The lowest BCUT2D eigenvalue weighted by Gasteiger charge is -2.01. The van der Waals surface area contributed by atoms with Gasteiger partial charge in [-0.15, -0.1) is 0 Å². The van der Waals surface area contributed by atoms with Gasteiger partial charge in [-0.2, -0.15) is 0 Å². The maximum Gasteiger partial charge on any atom is 0.167 e. The summed E-state index contributed by atoms with van der Waals surface area (Å²) in [6, 6.07) is 15.1. The standard InChI is InChI=1S/C18H15FO2/c1-11(20)15-16(12-5-3-2-4-6-12)17(15)18(21)13-7-9-14(19)10-8-13/h2-10,15-17H,1H3/t15-,16-,17-/m0/s1. The number of hydrogen-bond acceptors (Lipinski definition) is 2. The van der Waals surface area contributed by atoms with Crippen molar-refractivity contribution < 1.29 is 14.0 Å². The molecule has 0 unspecified atom stereocenters. The van der Waals surface area contributed by atoms with Crippen LogP contribution in [0.2, 0.25) is 0 Å². The summed E-state index contributed by atoms with van der Waals surface area (Å²) in [4.78, 5) is 24.3. The van der Waals surface area contributed by atoms with Crippen molar-refractivity contribution in [1.29, 1.82) is 0 Å². The molecule has 3 rings (SSSR count). The summed E-state index contributed by atoms with van der Waals surface area (Å²) in [5, 5.41) is 0. The van der Waals surface area contributed by atoms with Gasteiger partial charge in [0, 0.05) is 23.3 Å². The molecule has 0 bridgehead atoms. The molecule has 21 heavy (non-hydrogen) atoms. The highest BCUT2D eigenvalue weighted by atomic mass is 19.1. The Morgan fingerprint density at radius 1 is 0.905 bits per heavy atom. The fourth-order valence-corrected chi connectivity index (χ4v) is 3.04. The molecule has 0 spiro atoms. The van der Waals surface area contributed by atoms with E-state index in [2.05, 4.69) is 0 Å². The summed E-state index contributed by atoms with van der Waals surface area (Å²) in [5.41, 5.74) is 1.48. The molecule has 1 aliphatic carbocycles. The van der Waals surface area contributed by atoms with E-state index in [1.807, 2.05) is 30.3 Å². The van der Waals surface area contributed by atoms with E-state index >= 15 is 0 Å². The van der Waals surface area contributed by atoms with Crippen LogP contribution in [0.3, 0.4) is 0 Å². The molecule has 0 radical (unpaired) electrons. The van der Waals surface area contributed by atoms with Gasteiger partial charge >= 0.3 is 0 Å². The minimum Gasteiger partial charge on any atom is -0.300 e. The number of Topliss-reactive ketones (excluding diaryl/α,β-unsaturated/α-hetero) is 2. The fraction of sp³-hybridized carbons (Fsp3) is 0.222. The number of benzene rings is 2. The van der Waals surface area contributed by atoms with Crippen LogP contribution in [0.25, 0.3) is 0 Å². The molecule has 1 saturated carbocycles. The quantitative estimate of drug-likeness (QED) is 0.802. The Morgan fingerprint density at radius 3 is 2.10 bits per heavy atom. The Labute approximate surface area is 122 Å². The molecule has 2 aromatic carbocycles. The highest BCUT2D eigenvalue weighted by Gasteiger charge is 2.57. The zero-order valence-electron chi connectivity index (χ0n) is 11.6. The number of rotatable bonds is 4. The van der Waals surface area contributed by atoms with E-state index in [1.54, 1.807) is 0 Å². The first-order chi connectivity index (χ1) is 10.1. The van der Waals surface area contributed by atoms with Crippen LogP contribution in [0.4, 0.5) is 4.39 Å². The molecule has 2 aromatic rings. The number of carbonyl (C=O) groups is 2. The van der Waals surface area contributed by atoms with Gasteiger partial charge in [-0.3, -0.25) is 9.59 Å². The van der Waals surface area contributed by atoms with Crippen molar-refractivity contribution in [3.63, 3.8) is 0 Å². The summed E-state index contributed by atoms with van der Waals surface area (Å²) in [6.45, 7) is 1.53. The summed E-state index contributed by atoms with van der Waals surface area (Å²) >= 11 is 0. The Kier molecular flexibility index (Phi) is 3.42. The first kappa shape index (κ1) is 13.7. The fourth-order valence-electron chi connectivity index (χ4n) is 3.04. The molecule has 1 fully saturated rings. The summed E-state index contributed by atoms with van der Waals surface area (Å²) in [5.74, 6) is -1.06. The smallest absolute Gasteiger partial charge is 0.167 e. The Morgan fingerprint density at radius 2 is 1.52 bits per heavy atom. The van der Waals surface area contributed by atoms with Crippen LogP contribution >= 0.6 is 0 Å². The molecular formula is C18H15FO2. The van der Waals surface area contributed by atoms with Gasteiger partial charge in [0.15, 0.2) is 5.78 Å². The minimum atomic E-state index is -0.370. The summed E-state index contributed by atoms with van der Waals surface area (Å²) < 4.78 is 12.9. The molecule has 3 atom stereocenters. The van der Waals surface area contributed by atoms with Crippen molar-refractivity contribution in [3.8, 4) is 0 Å². The zero-order chi connectivity index (χ0) is 15.0. The van der Waals surface area contributed by atoms with E-state index < -0.39 is 0 Å². The van der Waals surface area contributed by atoms with Gasteiger partial charge < -0.3 is 0 Å². The van der Waals surface area contributed by atoms with Crippen molar-refractivity contribution in [2.24, 2.45) is 11.8 Å². The summed E-state index contributed by atoms with van der Waals surface area (Å²) in [6.07, 6.45) is 0. The summed E-state index contributed by atoms with van der Waals surface area (Å²) in [7, 11) is 0. The lowest BCUT2D eigenvalue weighted by molar-refractivity contribution is -0.118. The van der Waals surface area contributed by atoms with Crippen LogP contribution in [0.5, 0.6) is 0 Å². The van der Waals surface area contributed by atoms with E-state index in [9.17, 15) is 14.0 Å². The number of hydrogen-bond donors (Lipinski definition) is 0. The van der Waals surface area contributed by atoms with Crippen molar-refractivity contribution in [2.75, 3.05) is 0 Å². The molecule has 2 nitrogen and oxygen atoms in total. The van der Waals surface area contributed by atoms with Gasteiger partial charge in [-0.1, -0.05) is 30.3 Å². The Balaban J connectivity index is 1.88. The van der Waals surface area contributed by atoms with Crippen LogP contribution in [-0.2, 0) is 4.79 Å². The van der Waals surface area contributed by atoms with Gasteiger partial charge in [-0.05, 0) is 36.8 Å². The lowest BCUT2D eigenvalue weighted by Crippen LogP contribution is -2.06. The topological polar surface area (TPSA) is 34.1 Å². The van der Waals surface area contributed by atoms with Gasteiger partial charge in [-0.25, -0.2) is 4.39 Å². The van der Waals surface area contributed by atoms with Gasteiger partial charge in [0.1, 0.15) is 11.6 Å². The predicted octanol–water partition coefficient (Wildman–Crippen LogP) is 3.63. The van der Waals surface area contributed by atoms with Crippen molar-refractivity contribution in [1.82, 2.24) is 0 Å².